The molecule has 5 nitrogen and oxygen atoms in total. The number of nitrogens with zero attached hydrogens (tertiary/aromatic N) is 1. The third-order valence-electron chi connectivity index (χ3n) is 4.45. The topological polar surface area (TPSA) is 63.7 Å². The number of Topliss-reactive ketones (excluding diaryl/α,β-unsaturated/α-hetero) is 1. The van der Waals surface area contributed by atoms with Crippen LogP contribution in [0.25, 0.3) is 0 Å². The monoisotopic (exact) mass is 281 g/mol. The lowest BCUT2D eigenvalue weighted by atomic mass is 9.86. The third kappa shape index (κ3) is 3.58. The van der Waals surface area contributed by atoms with Gasteiger partial charge in [-0.2, -0.15) is 0 Å². The van der Waals surface area contributed by atoms with Gasteiger partial charge in [0.1, 0.15) is 5.92 Å². The van der Waals surface area contributed by atoms with Gasteiger partial charge in [0, 0.05) is 25.9 Å². The van der Waals surface area contributed by atoms with Gasteiger partial charge in [0.05, 0.1) is 7.11 Å². The van der Waals surface area contributed by atoms with Gasteiger partial charge in [-0.15, -0.1) is 0 Å². The molecule has 2 aliphatic rings. The van der Waals surface area contributed by atoms with Crippen molar-refractivity contribution in [3.63, 3.8) is 0 Å². The van der Waals surface area contributed by atoms with Crippen LogP contribution in [0.4, 0.5) is 0 Å². The molecule has 0 radical (unpaired) electrons. The van der Waals surface area contributed by atoms with Crippen LogP contribution in [-0.2, 0) is 19.1 Å². The van der Waals surface area contributed by atoms with Gasteiger partial charge < -0.3 is 9.64 Å². The van der Waals surface area contributed by atoms with Crippen molar-refractivity contribution in [2.45, 2.75) is 44.9 Å². The van der Waals surface area contributed by atoms with Gasteiger partial charge in [-0.3, -0.25) is 14.4 Å². The minimum absolute atomic E-state index is 0.0818. The first-order valence-electron chi connectivity index (χ1n) is 7.50. The zero-order valence-electron chi connectivity index (χ0n) is 12.1. The Bertz CT molecular complexity index is 379. The van der Waals surface area contributed by atoms with E-state index in [0.717, 1.165) is 12.8 Å². The maximum absolute atomic E-state index is 12.3. The Labute approximate surface area is 119 Å². The first kappa shape index (κ1) is 15.0. The summed E-state index contributed by atoms with van der Waals surface area (Å²) in [5, 5.41) is 0. The molecule has 0 N–H and O–H groups in total. The molecule has 1 aliphatic heterocycles. The molecule has 1 heterocycles. The largest absolute Gasteiger partial charge is 0.468 e. The van der Waals surface area contributed by atoms with Gasteiger partial charge in [0.25, 0.3) is 0 Å². The second-order valence-electron chi connectivity index (χ2n) is 5.84. The van der Waals surface area contributed by atoms with Crippen molar-refractivity contribution in [3.05, 3.63) is 0 Å². The number of esters is 1. The van der Waals surface area contributed by atoms with E-state index in [-0.39, 0.29) is 24.7 Å². The van der Waals surface area contributed by atoms with Gasteiger partial charge in [0.15, 0.2) is 5.78 Å². The van der Waals surface area contributed by atoms with Crippen LogP contribution in [0.15, 0.2) is 0 Å². The summed E-state index contributed by atoms with van der Waals surface area (Å²) in [6, 6.07) is 0. The summed E-state index contributed by atoms with van der Waals surface area (Å²) in [6.07, 6.45) is 6.76. The van der Waals surface area contributed by atoms with Crippen molar-refractivity contribution >= 4 is 17.7 Å². The zero-order valence-corrected chi connectivity index (χ0v) is 12.1. The molecule has 0 spiro atoms. The lowest BCUT2D eigenvalue weighted by Crippen LogP contribution is -2.47. The molecule has 5 heteroatoms. The number of ketones is 1. The van der Waals surface area contributed by atoms with Crippen molar-refractivity contribution in [1.29, 1.82) is 0 Å². The van der Waals surface area contributed by atoms with Crippen LogP contribution >= 0.6 is 0 Å². The predicted octanol–water partition coefficient (Wildman–Crippen LogP) is 1.55. The van der Waals surface area contributed by atoms with Crippen LogP contribution in [0.5, 0.6) is 0 Å². The Balaban J connectivity index is 1.89. The molecule has 1 aliphatic carbocycles. The predicted molar refractivity (Wildman–Crippen MR) is 72.9 cm³/mol. The van der Waals surface area contributed by atoms with E-state index in [1.54, 1.807) is 4.90 Å². The molecule has 1 atom stereocenters. The fourth-order valence-electron chi connectivity index (χ4n) is 3.17. The minimum atomic E-state index is -0.788. The van der Waals surface area contributed by atoms with Gasteiger partial charge in [0.2, 0.25) is 5.91 Å². The van der Waals surface area contributed by atoms with Gasteiger partial charge >= 0.3 is 5.97 Å². The fourth-order valence-corrected chi connectivity index (χ4v) is 3.17. The molecular formula is C15H23NO4. The summed E-state index contributed by atoms with van der Waals surface area (Å²) in [7, 11) is 1.28. The zero-order chi connectivity index (χ0) is 14.5. The summed E-state index contributed by atoms with van der Waals surface area (Å²) in [5.41, 5.74) is 0. The van der Waals surface area contributed by atoms with E-state index < -0.39 is 11.9 Å². The Hall–Kier alpha value is -1.39. The number of piperidine rings is 1. The number of carbonyl (C=O) groups excluding carboxylic acids is 3. The quantitative estimate of drug-likeness (QED) is 0.581. The number of amides is 1. The molecule has 1 unspecified atom stereocenters. The number of methoxy groups -OCH3 is 1. The van der Waals surface area contributed by atoms with Crippen molar-refractivity contribution in [2.24, 2.45) is 11.8 Å². The Kier molecular flexibility index (Phi) is 5.15. The van der Waals surface area contributed by atoms with Crippen molar-refractivity contribution in [2.75, 3.05) is 20.2 Å². The van der Waals surface area contributed by atoms with E-state index >= 15 is 0 Å². The summed E-state index contributed by atoms with van der Waals surface area (Å²) < 4.78 is 4.64. The second-order valence-corrected chi connectivity index (χ2v) is 5.84. The van der Waals surface area contributed by atoms with Gasteiger partial charge in [-0.25, -0.2) is 0 Å². The van der Waals surface area contributed by atoms with Crippen LogP contribution in [0.3, 0.4) is 0 Å². The smallest absolute Gasteiger partial charge is 0.318 e. The maximum Gasteiger partial charge on any atom is 0.318 e. The molecule has 0 aromatic rings. The van der Waals surface area contributed by atoms with E-state index in [9.17, 15) is 14.4 Å². The van der Waals surface area contributed by atoms with Gasteiger partial charge in [-0.05, 0) is 18.8 Å². The first-order chi connectivity index (χ1) is 9.61. The highest BCUT2D eigenvalue weighted by atomic mass is 16.5. The highest BCUT2D eigenvalue weighted by Gasteiger charge is 2.35. The number of carbonyl (C=O) groups is 3. The van der Waals surface area contributed by atoms with E-state index in [1.807, 2.05) is 0 Å². The molecule has 0 bridgehead atoms. The van der Waals surface area contributed by atoms with Crippen LogP contribution in [0, 0.1) is 11.8 Å². The number of hydrogen-bond acceptors (Lipinski definition) is 4. The SMILES string of the molecule is COC(=O)C1CN(C(=O)CC2CCCCC2)CCC1=O. The highest BCUT2D eigenvalue weighted by Crippen LogP contribution is 2.27. The summed E-state index contributed by atoms with van der Waals surface area (Å²) in [4.78, 5) is 37.2. The summed E-state index contributed by atoms with van der Waals surface area (Å²) in [6.45, 7) is 0.634. The number of likely N-dealkylation sites (tertiary alicyclic amines) is 1. The Morgan fingerprint density at radius 1 is 1.25 bits per heavy atom. The molecule has 0 aromatic heterocycles. The molecule has 0 aromatic carbocycles. The second kappa shape index (κ2) is 6.86. The number of ether oxygens (including phenoxy) is 1. The van der Waals surface area contributed by atoms with Crippen molar-refractivity contribution in [3.8, 4) is 0 Å². The van der Waals surface area contributed by atoms with E-state index in [0.29, 0.717) is 18.9 Å². The van der Waals surface area contributed by atoms with Crippen LogP contribution < -0.4 is 0 Å². The molecule has 1 saturated heterocycles. The summed E-state index contributed by atoms with van der Waals surface area (Å²) >= 11 is 0. The molecule has 2 rings (SSSR count). The van der Waals surface area contributed by atoms with Gasteiger partial charge in [-0.1, -0.05) is 19.3 Å². The average Bonchev–Trinajstić information content (AvgIpc) is 2.48. The van der Waals surface area contributed by atoms with Crippen LogP contribution in [0.1, 0.15) is 44.9 Å². The lowest BCUT2D eigenvalue weighted by Gasteiger charge is -2.32. The van der Waals surface area contributed by atoms with E-state index in [2.05, 4.69) is 4.74 Å². The average molecular weight is 281 g/mol. The first-order valence-corrected chi connectivity index (χ1v) is 7.50. The third-order valence-corrected chi connectivity index (χ3v) is 4.45. The molecule has 1 saturated carbocycles. The summed E-state index contributed by atoms with van der Waals surface area (Å²) in [5.74, 6) is -0.864. The minimum Gasteiger partial charge on any atom is -0.468 e. The van der Waals surface area contributed by atoms with Crippen molar-refractivity contribution < 1.29 is 19.1 Å². The van der Waals surface area contributed by atoms with Crippen LogP contribution in [-0.4, -0.2) is 42.8 Å². The standard InChI is InChI=1S/C15H23NO4/c1-20-15(19)12-10-16(8-7-13(12)17)14(18)9-11-5-3-2-4-6-11/h11-12H,2-10H2,1H3. The van der Waals surface area contributed by atoms with Crippen LogP contribution in [0.2, 0.25) is 0 Å². The molecule has 1 amide bonds. The molecule has 2 fully saturated rings. The van der Waals surface area contributed by atoms with E-state index in [4.69, 9.17) is 0 Å². The molecule has 112 valence electrons. The molecule has 20 heavy (non-hydrogen) atoms. The highest BCUT2D eigenvalue weighted by molar-refractivity contribution is 6.00. The van der Waals surface area contributed by atoms with E-state index in [1.165, 1.54) is 26.4 Å². The maximum atomic E-state index is 12.3. The Morgan fingerprint density at radius 2 is 1.95 bits per heavy atom. The normalized spacial score (nSPS) is 24.6. The number of hydrogen-bond donors (Lipinski definition) is 0. The lowest BCUT2D eigenvalue weighted by molar-refractivity contribution is -0.153. The number of rotatable bonds is 3. The van der Waals surface area contributed by atoms with Crippen molar-refractivity contribution in [1.82, 2.24) is 4.90 Å². The Morgan fingerprint density at radius 3 is 2.60 bits per heavy atom. The molecular weight excluding hydrogens is 258 g/mol. The fraction of sp³-hybridized carbons (Fsp3) is 0.800.